The van der Waals surface area contributed by atoms with Gasteiger partial charge in [-0.3, -0.25) is 14.3 Å². The molecule has 84 valence electrons. The van der Waals surface area contributed by atoms with Crippen molar-refractivity contribution in [3.05, 3.63) is 51.8 Å². The highest BCUT2D eigenvalue weighted by Gasteiger charge is 2.33. The lowest BCUT2D eigenvalue weighted by Gasteiger charge is -2.13. The van der Waals surface area contributed by atoms with Crippen molar-refractivity contribution in [1.82, 2.24) is 9.78 Å². The lowest BCUT2D eigenvalue weighted by molar-refractivity contribution is 0.0977. The summed E-state index contributed by atoms with van der Waals surface area (Å²) in [4.78, 5) is 24.3. The van der Waals surface area contributed by atoms with E-state index in [4.69, 9.17) is 11.6 Å². The van der Waals surface area contributed by atoms with E-state index in [0.29, 0.717) is 16.1 Å². The van der Waals surface area contributed by atoms with Crippen LogP contribution in [0.3, 0.4) is 0 Å². The summed E-state index contributed by atoms with van der Waals surface area (Å²) in [6, 6.07) is 4.85. The van der Waals surface area contributed by atoms with Crippen molar-refractivity contribution < 1.29 is 9.59 Å². The second-order valence-electron chi connectivity index (χ2n) is 3.89. The average Bonchev–Trinajstić information content (AvgIpc) is 2.68. The summed E-state index contributed by atoms with van der Waals surface area (Å²) in [5.41, 5.74) is 1.12. The second kappa shape index (κ2) is 3.28. The summed E-state index contributed by atoms with van der Waals surface area (Å²) in [7, 11) is 1.67. The molecule has 1 aromatic heterocycles. The molecule has 0 unspecified atom stereocenters. The Morgan fingerprint density at radius 2 is 1.94 bits per heavy atom. The molecular weight excluding hydrogens is 240 g/mol. The van der Waals surface area contributed by atoms with E-state index in [0.717, 1.165) is 0 Å². The number of nitrogens with zero attached hydrogens (tertiary/aromatic N) is 2. The SMILES string of the molecule is Cn1cc2c(n1)C(=O)c1cccc(Cl)c1C2=O. The van der Waals surface area contributed by atoms with Crippen LogP contribution in [0.5, 0.6) is 0 Å². The van der Waals surface area contributed by atoms with Crippen LogP contribution in [-0.2, 0) is 7.05 Å². The van der Waals surface area contributed by atoms with Crippen LogP contribution in [-0.4, -0.2) is 21.3 Å². The maximum atomic E-state index is 12.2. The van der Waals surface area contributed by atoms with Gasteiger partial charge in [-0.05, 0) is 6.07 Å². The quantitative estimate of drug-likeness (QED) is 0.608. The maximum absolute atomic E-state index is 12.2. The first-order valence-electron chi connectivity index (χ1n) is 5.01. The van der Waals surface area contributed by atoms with E-state index in [1.165, 1.54) is 4.68 Å². The molecule has 0 aliphatic heterocycles. The number of ketones is 2. The molecule has 0 saturated carbocycles. The fourth-order valence-corrected chi connectivity index (χ4v) is 2.29. The van der Waals surface area contributed by atoms with Crippen molar-refractivity contribution in [2.24, 2.45) is 7.05 Å². The molecule has 0 saturated heterocycles. The van der Waals surface area contributed by atoms with Gasteiger partial charge in [0.2, 0.25) is 5.78 Å². The van der Waals surface area contributed by atoms with Crippen LogP contribution in [0.4, 0.5) is 0 Å². The molecule has 3 rings (SSSR count). The number of fused-ring (bicyclic) bond motifs is 2. The van der Waals surface area contributed by atoms with E-state index in [9.17, 15) is 9.59 Å². The maximum Gasteiger partial charge on any atom is 0.214 e. The molecule has 0 bridgehead atoms. The number of rotatable bonds is 0. The van der Waals surface area contributed by atoms with Gasteiger partial charge in [-0.1, -0.05) is 23.7 Å². The predicted molar refractivity (Wildman–Crippen MR) is 61.5 cm³/mol. The van der Waals surface area contributed by atoms with E-state index in [1.54, 1.807) is 31.4 Å². The number of aromatic nitrogens is 2. The van der Waals surface area contributed by atoms with Gasteiger partial charge >= 0.3 is 0 Å². The molecule has 17 heavy (non-hydrogen) atoms. The van der Waals surface area contributed by atoms with Gasteiger partial charge in [0.25, 0.3) is 0 Å². The van der Waals surface area contributed by atoms with Crippen LogP contribution >= 0.6 is 11.6 Å². The van der Waals surface area contributed by atoms with Crippen molar-refractivity contribution >= 4 is 23.2 Å². The Bertz CT molecular complexity index is 673. The van der Waals surface area contributed by atoms with Crippen LogP contribution in [0.2, 0.25) is 5.02 Å². The number of aryl methyl sites for hydroxylation is 1. The summed E-state index contributed by atoms with van der Waals surface area (Å²) < 4.78 is 1.46. The van der Waals surface area contributed by atoms with Crippen LogP contribution in [0.1, 0.15) is 32.0 Å². The Hall–Kier alpha value is -1.94. The molecule has 5 heteroatoms. The topological polar surface area (TPSA) is 52.0 Å². The van der Waals surface area contributed by atoms with E-state index in [2.05, 4.69) is 5.10 Å². The standard InChI is InChI=1S/C12H7ClN2O2/c1-15-5-7-10(14-15)12(17)6-3-2-4-8(13)9(6)11(7)16/h2-5H,1H3. The highest BCUT2D eigenvalue weighted by atomic mass is 35.5. The second-order valence-corrected chi connectivity index (χ2v) is 4.29. The smallest absolute Gasteiger partial charge is 0.214 e. The molecule has 0 amide bonds. The van der Waals surface area contributed by atoms with Crippen molar-refractivity contribution in [2.45, 2.75) is 0 Å². The fraction of sp³-hybridized carbons (Fsp3) is 0.0833. The zero-order chi connectivity index (χ0) is 12.2. The van der Waals surface area contributed by atoms with Gasteiger partial charge in [0.05, 0.1) is 16.1 Å². The van der Waals surface area contributed by atoms with Crippen LogP contribution in [0, 0.1) is 0 Å². The highest BCUT2D eigenvalue weighted by molar-refractivity contribution is 6.38. The van der Waals surface area contributed by atoms with E-state index in [-0.39, 0.29) is 22.8 Å². The molecule has 0 N–H and O–H groups in total. The van der Waals surface area contributed by atoms with Crippen LogP contribution < -0.4 is 0 Å². The fourth-order valence-electron chi connectivity index (χ4n) is 2.03. The minimum Gasteiger partial charge on any atom is -0.288 e. The predicted octanol–water partition coefficient (Wildman–Crippen LogP) is 1.85. The molecule has 4 nitrogen and oxygen atoms in total. The minimum absolute atomic E-state index is 0.201. The lowest BCUT2D eigenvalue weighted by Crippen LogP contribution is -2.20. The molecule has 1 aromatic carbocycles. The Balaban J connectivity index is 2.36. The number of halogens is 1. The molecule has 1 aliphatic carbocycles. The van der Waals surface area contributed by atoms with Crippen molar-refractivity contribution in [2.75, 3.05) is 0 Å². The zero-order valence-electron chi connectivity index (χ0n) is 8.90. The Kier molecular flexibility index (Phi) is 1.97. The van der Waals surface area contributed by atoms with Gasteiger partial charge in [-0.15, -0.1) is 0 Å². The molecule has 1 aliphatic rings. The monoisotopic (exact) mass is 246 g/mol. The number of hydrogen-bond donors (Lipinski definition) is 0. The Morgan fingerprint density at radius 3 is 2.71 bits per heavy atom. The van der Waals surface area contributed by atoms with Crippen molar-refractivity contribution in [1.29, 1.82) is 0 Å². The van der Waals surface area contributed by atoms with Gasteiger partial charge in [0.15, 0.2) is 5.78 Å². The molecule has 0 spiro atoms. The minimum atomic E-state index is -0.252. The molecule has 0 fully saturated rings. The summed E-state index contributed by atoms with van der Waals surface area (Å²) in [5.74, 6) is -0.494. The third kappa shape index (κ3) is 1.27. The molecule has 1 heterocycles. The van der Waals surface area contributed by atoms with Crippen molar-refractivity contribution in [3.63, 3.8) is 0 Å². The largest absolute Gasteiger partial charge is 0.288 e. The molecule has 0 radical (unpaired) electrons. The Morgan fingerprint density at radius 1 is 1.18 bits per heavy atom. The third-order valence-corrected chi connectivity index (χ3v) is 3.09. The lowest BCUT2D eigenvalue weighted by atomic mass is 9.88. The molecule has 2 aromatic rings. The van der Waals surface area contributed by atoms with E-state index in [1.807, 2.05) is 0 Å². The van der Waals surface area contributed by atoms with Crippen LogP contribution in [0.25, 0.3) is 0 Å². The number of carbonyl (C=O) groups is 2. The summed E-state index contributed by atoms with van der Waals surface area (Å²) in [5, 5.41) is 4.32. The van der Waals surface area contributed by atoms with Crippen LogP contribution in [0.15, 0.2) is 24.4 Å². The first kappa shape index (κ1) is 10.2. The molecule has 0 atom stereocenters. The first-order valence-corrected chi connectivity index (χ1v) is 5.39. The average molecular weight is 247 g/mol. The van der Waals surface area contributed by atoms with Gasteiger partial charge in [-0.25, -0.2) is 0 Å². The molecular formula is C12H7ClN2O2. The Labute approximate surface area is 102 Å². The number of hydrogen-bond acceptors (Lipinski definition) is 3. The summed E-state index contributed by atoms with van der Waals surface area (Å²) in [6.07, 6.45) is 1.54. The van der Waals surface area contributed by atoms with Gasteiger partial charge < -0.3 is 0 Å². The highest BCUT2D eigenvalue weighted by Crippen LogP contribution is 2.30. The number of benzene rings is 1. The van der Waals surface area contributed by atoms with Gasteiger partial charge in [0.1, 0.15) is 5.69 Å². The summed E-state index contributed by atoms with van der Waals surface area (Å²) in [6.45, 7) is 0. The normalized spacial score (nSPS) is 13.5. The van der Waals surface area contributed by atoms with Gasteiger partial charge in [0, 0.05) is 18.8 Å². The first-order chi connectivity index (χ1) is 8.09. The van der Waals surface area contributed by atoms with E-state index >= 15 is 0 Å². The number of carbonyl (C=O) groups excluding carboxylic acids is 2. The summed E-state index contributed by atoms with van der Waals surface area (Å²) >= 11 is 5.98. The van der Waals surface area contributed by atoms with Gasteiger partial charge in [-0.2, -0.15) is 5.10 Å². The van der Waals surface area contributed by atoms with E-state index < -0.39 is 0 Å². The zero-order valence-corrected chi connectivity index (χ0v) is 9.65. The van der Waals surface area contributed by atoms with Crippen molar-refractivity contribution in [3.8, 4) is 0 Å². The third-order valence-electron chi connectivity index (χ3n) is 2.77.